The number of aliphatic hydroxyl groups is 3. The number of nitrogens with zero attached hydrogens (tertiary/aromatic N) is 6. The van der Waals surface area contributed by atoms with Gasteiger partial charge in [0.15, 0.2) is 52.3 Å². The highest BCUT2D eigenvalue weighted by molar-refractivity contribution is 6.04. The van der Waals surface area contributed by atoms with E-state index in [4.69, 9.17) is 10.5 Å². The van der Waals surface area contributed by atoms with Gasteiger partial charge in [0, 0.05) is 18.8 Å². The Morgan fingerprint density at radius 1 is 1.17 bits per heavy atom. The minimum absolute atomic E-state index is 0.00521. The molecule has 14 heteroatoms. The number of ether oxygens (including phenoxy) is 1. The fraction of sp³-hybridized carbons (Fsp3) is 0.500. The lowest BCUT2D eigenvalue weighted by atomic mass is 9.73. The van der Waals surface area contributed by atoms with Gasteiger partial charge in [0.2, 0.25) is 11.5 Å². The molecule has 1 aliphatic rings. The van der Waals surface area contributed by atoms with Crippen LogP contribution in [0.3, 0.4) is 0 Å². The highest BCUT2D eigenvalue weighted by Gasteiger charge is 2.73. The Morgan fingerprint density at radius 3 is 2.42 bits per heavy atom. The lowest BCUT2D eigenvalue weighted by Crippen LogP contribution is -2.67. The van der Waals surface area contributed by atoms with Crippen molar-refractivity contribution in [2.24, 2.45) is 0 Å². The van der Waals surface area contributed by atoms with Crippen LogP contribution in [0.15, 0.2) is 18.7 Å². The average Bonchev–Trinajstić information content (AvgIpc) is 3.50. The van der Waals surface area contributed by atoms with E-state index in [1.54, 1.807) is 17.0 Å². The number of nitrogen functional groups attached to an aromatic ring is 1. The zero-order valence-corrected chi connectivity index (χ0v) is 20.1. The van der Waals surface area contributed by atoms with Gasteiger partial charge in [0.1, 0.15) is 11.9 Å². The van der Waals surface area contributed by atoms with E-state index < -0.39 is 47.0 Å². The van der Waals surface area contributed by atoms with Crippen LogP contribution in [-0.2, 0) is 25.5 Å². The Morgan fingerprint density at radius 2 is 1.83 bits per heavy atom. The van der Waals surface area contributed by atoms with Gasteiger partial charge in [0.25, 0.3) is 0 Å². The van der Waals surface area contributed by atoms with Crippen molar-refractivity contribution in [2.45, 2.75) is 70.2 Å². The zero-order chi connectivity index (χ0) is 26.6. The van der Waals surface area contributed by atoms with Crippen molar-refractivity contribution < 1.29 is 34.4 Å². The SMILES string of the molecule is CCCc1nccn1-c1nc(N)nc2c1ncn2[C@@H]1O[C@H](C(=O)C(C)O)[C@](O)(C(C)=O)[C@]1(O)C(C)=O. The maximum Gasteiger partial charge on any atom is 0.224 e. The average molecular weight is 502 g/mol. The first-order valence-electron chi connectivity index (χ1n) is 11.3. The van der Waals surface area contributed by atoms with Crippen LogP contribution in [0.5, 0.6) is 0 Å². The molecule has 3 aromatic heterocycles. The van der Waals surface area contributed by atoms with Crippen molar-refractivity contribution >= 4 is 34.5 Å². The summed E-state index contributed by atoms with van der Waals surface area (Å²) < 4.78 is 8.44. The molecule has 14 nitrogen and oxygen atoms in total. The fourth-order valence-corrected chi connectivity index (χ4v) is 4.56. The Bertz CT molecular complexity index is 1370. The number of hydrogen-bond acceptors (Lipinski definition) is 12. The summed E-state index contributed by atoms with van der Waals surface area (Å²) in [5.41, 5.74) is 0.202. The van der Waals surface area contributed by atoms with Gasteiger partial charge in [-0.3, -0.25) is 23.5 Å². The predicted molar refractivity (Wildman–Crippen MR) is 123 cm³/mol. The molecule has 192 valence electrons. The van der Waals surface area contributed by atoms with E-state index in [1.807, 2.05) is 6.92 Å². The van der Waals surface area contributed by atoms with E-state index in [2.05, 4.69) is 19.9 Å². The normalized spacial score (nSPS) is 26.9. The van der Waals surface area contributed by atoms with Crippen molar-refractivity contribution in [1.29, 1.82) is 0 Å². The van der Waals surface area contributed by atoms with Gasteiger partial charge in [-0.1, -0.05) is 6.92 Å². The molecule has 1 fully saturated rings. The number of fused-ring (bicyclic) bond motifs is 1. The van der Waals surface area contributed by atoms with Crippen LogP contribution in [0.1, 0.15) is 46.2 Å². The van der Waals surface area contributed by atoms with Crippen LogP contribution in [-0.4, -0.2) is 85.1 Å². The number of aliphatic hydroxyl groups excluding tert-OH is 1. The van der Waals surface area contributed by atoms with Gasteiger partial charge in [0.05, 0.1) is 6.33 Å². The number of Topliss-reactive ketones (excluding diaryl/α,β-unsaturated/α-hetero) is 3. The quantitative estimate of drug-likeness (QED) is 0.294. The van der Waals surface area contributed by atoms with Crippen molar-refractivity contribution in [3.8, 4) is 5.82 Å². The molecule has 1 saturated heterocycles. The molecule has 0 radical (unpaired) electrons. The maximum absolute atomic E-state index is 12.8. The molecule has 0 saturated carbocycles. The van der Waals surface area contributed by atoms with E-state index in [0.717, 1.165) is 38.1 Å². The second kappa shape index (κ2) is 8.81. The van der Waals surface area contributed by atoms with Crippen molar-refractivity contribution in [1.82, 2.24) is 29.1 Å². The van der Waals surface area contributed by atoms with E-state index >= 15 is 0 Å². The standard InChI is InChI=1S/C22H27N7O7/c1-5-6-13-24-7-8-28(13)17-14-18(27-20(23)26-17)29(9-25-14)19-22(35,12(4)32)21(34,11(3)31)16(36-19)15(33)10(2)30/h7-10,16,19,30,34-35H,5-6H2,1-4H3,(H2,23,26,27)/t10?,16-,19-,21-,22+/m1/s1. The molecule has 4 heterocycles. The van der Waals surface area contributed by atoms with Crippen LogP contribution in [0.2, 0.25) is 0 Å². The molecule has 0 aromatic carbocycles. The smallest absolute Gasteiger partial charge is 0.224 e. The molecule has 5 atom stereocenters. The summed E-state index contributed by atoms with van der Waals surface area (Å²) >= 11 is 0. The lowest BCUT2D eigenvalue weighted by molar-refractivity contribution is -0.182. The number of imidazole rings is 2. The van der Waals surface area contributed by atoms with Crippen molar-refractivity contribution in [3.05, 3.63) is 24.5 Å². The van der Waals surface area contributed by atoms with Crippen LogP contribution in [0.25, 0.3) is 17.0 Å². The molecule has 1 unspecified atom stereocenters. The molecule has 0 aliphatic carbocycles. The third-order valence-electron chi connectivity index (χ3n) is 6.42. The first-order valence-corrected chi connectivity index (χ1v) is 11.3. The zero-order valence-electron chi connectivity index (χ0n) is 20.1. The number of nitrogens with two attached hydrogens (primary N) is 1. The van der Waals surface area contributed by atoms with Crippen molar-refractivity contribution in [3.63, 3.8) is 0 Å². The number of rotatable bonds is 8. The molecule has 4 rings (SSSR count). The molecule has 1 aliphatic heterocycles. The van der Waals surface area contributed by atoms with Crippen LogP contribution in [0, 0.1) is 0 Å². The van der Waals surface area contributed by atoms with Gasteiger partial charge in [-0.25, -0.2) is 9.97 Å². The third-order valence-corrected chi connectivity index (χ3v) is 6.42. The highest BCUT2D eigenvalue weighted by Crippen LogP contribution is 2.48. The molecular formula is C22H27N7O7. The Balaban J connectivity index is 1.96. The number of aromatic nitrogens is 6. The van der Waals surface area contributed by atoms with Crippen LogP contribution < -0.4 is 5.73 Å². The Labute approximate surface area is 204 Å². The molecule has 0 amide bonds. The summed E-state index contributed by atoms with van der Waals surface area (Å²) in [4.78, 5) is 55.2. The minimum Gasteiger partial charge on any atom is -0.386 e. The number of ketones is 3. The summed E-state index contributed by atoms with van der Waals surface area (Å²) in [5, 5.41) is 32.8. The van der Waals surface area contributed by atoms with E-state index in [1.165, 1.54) is 0 Å². The van der Waals surface area contributed by atoms with E-state index in [-0.39, 0.29) is 22.9 Å². The third kappa shape index (κ3) is 3.44. The second-order valence-corrected chi connectivity index (χ2v) is 8.78. The minimum atomic E-state index is -3.01. The second-order valence-electron chi connectivity index (χ2n) is 8.78. The number of aryl methyl sites for hydroxylation is 1. The highest BCUT2D eigenvalue weighted by atomic mass is 16.6. The van der Waals surface area contributed by atoms with Gasteiger partial charge in [-0.05, 0) is 27.2 Å². The fourth-order valence-electron chi connectivity index (χ4n) is 4.56. The predicted octanol–water partition coefficient (Wildman–Crippen LogP) is -0.966. The monoisotopic (exact) mass is 501 g/mol. The number of hydrogen-bond donors (Lipinski definition) is 4. The van der Waals surface area contributed by atoms with Crippen LogP contribution in [0.4, 0.5) is 5.95 Å². The molecule has 3 aromatic rings. The van der Waals surface area contributed by atoms with Gasteiger partial charge < -0.3 is 25.8 Å². The first kappa shape index (κ1) is 25.5. The summed E-state index contributed by atoms with van der Waals surface area (Å²) in [7, 11) is 0. The van der Waals surface area contributed by atoms with E-state index in [9.17, 15) is 29.7 Å². The topological polar surface area (TPSA) is 209 Å². The number of carbonyl (C=O) groups excluding carboxylic acids is 3. The van der Waals surface area contributed by atoms with Crippen LogP contribution >= 0.6 is 0 Å². The molecule has 36 heavy (non-hydrogen) atoms. The first-order chi connectivity index (χ1) is 16.9. The summed E-state index contributed by atoms with van der Waals surface area (Å²) in [6.45, 7) is 4.94. The summed E-state index contributed by atoms with van der Waals surface area (Å²) in [6.07, 6.45) is 0.278. The Hall–Kier alpha value is -3.59. The Kier molecular flexibility index (Phi) is 6.24. The van der Waals surface area contributed by atoms with Gasteiger partial charge in [-0.15, -0.1) is 0 Å². The molecule has 0 bridgehead atoms. The maximum atomic E-state index is 12.8. The molecule has 5 N–H and O–H groups in total. The largest absolute Gasteiger partial charge is 0.386 e. The molecular weight excluding hydrogens is 474 g/mol. The van der Waals surface area contributed by atoms with E-state index in [0.29, 0.717) is 12.2 Å². The summed E-state index contributed by atoms with van der Waals surface area (Å²) in [5.74, 6) is -2.51. The van der Waals surface area contributed by atoms with Gasteiger partial charge in [-0.2, -0.15) is 9.97 Å². The number of anilines is 1. The van der Waals surface area contributed by atoms with Gasteiger partial charge >= 0.3 is 0 Å². The summed E-state index contributed by atoms with van der Waals surface area (Å²) in [6, 6.07) is 0. The van der Waals surface area contributed by atoms with Crippen molar-refractivity contribution in [2.75, 3.05) is 5.73 Å². The number of carbonyl (C=O) groups is 3. The molecule has 0 spiro atoms. The lowest BCUT2D eigenvalue weighted by Gasteiger charge is -2.36.